The summed E-state index contributed by atoms with van der Waals surface area (Å²) in [6, 6.07) is 0. The van der Waals surface area contributed by atoms with Crippen LogP contribution in [-0.4, -0.2) is 17.3 Å². The van der Waals surface area contributed by atoms with Crippen molar-refractivity contribution in [2.75, 3.05) is 7.11 Å². The Hall–Kier alpha value is -1.16. The van der Waals surface area contributed by atoms with Gasteiger partial charge in [0.15, 0.2) is 0 Å². The van der Waals surface area contributed by atoms with Crippen molar-refractivity contribution in [1.82, 2.24) is 10.1 Å². The van der Waals surface area contributed by atoms with Crippen LogP contribution in [-0.2, 0) is 4.74 Å². The van der Waals surface area contributed by atoms with Crippen molar-refractivity contribution in [1.29, 1.82) is 0 Å². The maximum atomic E-state index is 5.51. The number of rotatable bonds is 4. The Morgan fingerprint density at radius 1 is 1.44 bits per heavy atom. The summed E-state index contributed by atoms with van der Waals surface area (Å²) in [4.78, 5) is 4.25. The van der Waals surface area contributed by atoms with E-state index in [2.05, 4.69) is 16.7 Å². The van der Waals surface area contributed by atoms with Crippen molar-refractivity contribution in [3.63, 3.8) is 0 Å². The van der Waals surface area contributed by atoms with Crippen molar-refractivity contribution in [2.24, 2.45) is 5.92 Å². The van der Waals surface area contributed by atoms with Crippen LogP contribution >= 0.6 is 0 Å². The summed E-state index contributed by atoms with van der Waals surface area (Å²) in [5, 5.41) is 3.95. The fourth-order valence-electron chi connectivity index (χ4n) is 2.39. The van der Waals surface area contributed by atoms with Gasteiger partial charge in [-0.25, -0.2) is 0 Å². The lowest BCUT2D eigenvalue weighted by atomic mass is 9.85. The molecule has 0 saturated heterocycles. The second-order valence-corrected chi connectivity index (χ2v) is 4.25. The minimum absolute atomic E-state index is 0.0299. The Kier molecular flexibility index (Phi) is 3.72. The van der Waals surface area contributed by atoms with E-state index in [-0.39, 0.29) is 6.10 Å². The fraction of sp³-hybridized carbons (Fsp3) is 0.667. The Balaban J connectivity index is 2.10. The second kappa shape index (κ2) is 5.25. The van der Waals surface area contributed by atoms with Crippen LogP contribution in [0.1, 0.15) is 49.9 Å². The minimum Gasteiger partial charge on any atom is -0.373 e. The Morgan fingerprint density at radius 2 is 2.19 bits per heavy atom. The average molecular weight is 222 g/mol. The van der Waals surface area contributed by atoms with Crippen LogP contribution in [0.3, 0.4) is 0 Å². The highest BCUT2D eigenvalue weighted by Crippen LogP contribution is 2.35. The van der Waals surface area contributed by atoms with Crippen LogP contribution in [0.2, 0.25) is 0 Å². The first-order valence-corrected chi connectivity index (χ1v) is 5.84. The lowest BCUT2D eigenvalue weighted by Gasteiger charge is -2.26. The molecule has 16 heavy (non-hydrogen) atoms. The summed E-state index contributed by atoms with van der Waals surface area (Å²) in [7, 11) is 1.71. The second-order valence-electron chi connectivity index (χ2n) is 4.25. The molecular formula is C12H18N2O2. The summed E-state index contributed by atoms with van der Waals surface area (Å²) in [6.45, 7) is 3.60. The molecule has 1 aliphatic rings. The predicted molar refractivity (Wildman–Crippen MR) is 60.7 cm³/mol. The lowest BCUT2D eigenvalue weighted by Crippen LogP contribution is -2.19. The molecule has 0 aliphatic heterocycles. The van der Waals surface area contributed by atoms with Gasteiger partial charge in [-0.05, 0) is 24.8 Å². The SMILES string of the molecule is C=Cc1nc(C(OC)C2CCCCC2)no1. The molecule has 0 spiro atoms. The summed E-state index contributed by atoms with van der Waals surface area (Å²) in [5.41, 5.74) is 0. The molecule has 0 bridgehead atoms. The third kappa shape index (κ3) is 2.32. The Morgan fingerprint density at radius 3 is 2.75 bits per heavy atom. The van der Waals surface area contributed by atoms with Gasteiger partial charge in [0.1, 0.15) is 6.10 Å². The summed E-state index contributed by atoms with van der Waals surface area (Å²) >= 11 is 0. The normalized spacial score (nSPS) is 19.6. The first kappa shape index (κ1) is 11.3. The molecule has 1 aromatic heterocycles. The molecule has 1 saturated carbocycles. The number of ether oxygens (including phenoxy) is 1. The fourth-order valence-corrected chi connectivity index (χ4v) is 2.39. The maximum absolute atomic E-state index is 5.51. The summed E-state index contributed by atoms with van der Waals surface area (Å²) in [6.07, 6.45) is 7.79. The van der Waals surface area contributed by atoms with E-state index in [1.165, 1.54) is 32.1 Å². The first-order chi connectivity index (χ1) is 7.85. The van der Waals surface area contributed by atoms with Gasteiger partial charge in [-0.3, -0.25) is 0 Å². The van der Waals surface area contributed by atoms with E-state index in [0.717, 1.165) is 0 Å². The molecule has 1 fully saturated rings. The average Bonchev–Trinajstić information content (AvgIpc) is 2.80. The molecule has 4 heteroatoms. The van der Waals surface area contributed by atoms with Crippen LogP contribution in [0.5, 0.6) is 0 Å². The third-order valence-corrected chi connectivity index (χ3v) is 3.22. The van der Waals surface area contributed by atoms with Crippen LogP contribution in [0.25, 0.3) is 6.08 Å². The standard InChI is InChI=1S/C12H18N2O2/c1-3-10-13-12(14-16-10)11(15-2)9-7-5-4-6-8-9/h3,9,11H,1,4-8H2,2H3. The molecule has 0 N–H and O–H groups in total. The zero-order valence-corrected chi connectivity index (χ0v) is 9.69. The van der Waals surface area contributed by atoms with Crippen molar-refractivity contribution < 1.29 is 9.26 Å². The Bertz CT molecular complexity index is 343. The lowest BCUT2D eigenvalue weighted by molar-refractivity contribution is 0.0274. The summed E-state index contributed by atoms with van der Waals surface area (Å²) < 4.78 is 10.5. The monoisotopic (exact) mass is 222 g/mol. The van der Waals surface area contributed by atoms with Gasteiger partial charge in [-0.15, -0.1) is 0 Å². The van der Waals surface area contributed by atoms with Gasteiger partial charge in [0.2, 0.25) is 11.7 Å². The van der Waals surface area contributed by atoms with Crippen LogP contribution < -0.4 is 0 Å². The molecule has 0 amide bonds. The highest BCUT2D eigenvalue weighted by Gasteiger charge is 2.28. The first-order valence-electron chi connectivity index (χ1n) is 5.84. The molecule has 0 radical (unpaired) electrons. The molecule has 2 rings (SSSR count). The highest BCUT2D eigenvalue weighted by molar-refractivity contribution is 5.32. The van der Waals surface area contributed by atoms with Gasteiger partial charge in [-0.1, -0.05) is 31.0 Å². The smallest absolute Gasteiger partial charge is 0.250 e. The van der Waals surface area contributed by atoms with Crippen molar-refractivity contribution in [3.8, 4) is 0 Å². The van der Waals surface area contributed by atoms with E-state index >= 15 is 0 Å². The van der Waals surface area contributed by atoms with Crippen LogP contribution in [0.4, 0.5) is 0 Å². The summed E-state index contributed by atoms with van der Waals surface area (Å²) in [5.74, 6) is 1.64. The van der Waals surface area contributed by atoms with Gasteiger partial charge in [0.05, 0.1) is 0 Å². The third-order valence-electron chi connectivity index (χ3n) is 3.22. The molecule has 0 aromatic carbocycles. The largest absolute Gasteiger partial charge is 0.373 e. The predicted octanol–water partition coefficient (Wildman–Crippen LogP) is 2.98. The molecular weight excluding hydrogens is 204 g/mol. The zero-order valence-electron chi connectivity index (χ0n) is 9.69. The van der Waals surface area contributed by atoms with E-state index in [9.17, 15) is 0 Å². The maximum Gasteiger partial charge on any atom is 0.250 e. The highest BCUT2D eigenvalue weighted by atomic mass is 16.5. The van der Waals surface area contributed by atoms with Gasteiger partial charge in [0.25, 0.3) is 0 Å². The number of hydrogen-bond acceptors (Lipinski definition) is 4. The topological polar surface area (TPSA) is 48.2 Å². The Labute approximate surface area is 95.7 Å². The number of nitrogens with zero attached hydrogens (tertiary/aromatic N) is 2. The van der Waals surface area contributed by atoms with E-state index in [0.29, 0.717) is 17.6 Å². The molecule has 1 atom stereocenters. The zero-order chi connectivity index (χ0) is 11.4. The van der Waals surface area contributed by atoms with Crippen molar-refractivity contribution in [2.45, 2.75) is 38.2 Å². The quantitative estimate of drug-likeness (QED) is 0.785. The van der Waals surface area contributed by atoms with E-state index in [4.69, 9.17) is 9.26 Å². The van der Waals surface area contributed by atoms with Gasteiger partial charge in [-0.2, -0.15) is 4.98 Å². The van der Waals surface area contributed by atoms with Crippen LogP contribution in [0.15, 0.2) is 11.1 Å². The van der Waals surface area contributed by atoms with Gasteiger partial charge in [0, 0.05) is 7.11 Å². The van der Waals surface area contributed by atoms with E-state index in [1.54, 1.807) is 13.2 Å². The molecule has 1 aliphatic carbocycles. The molecule has 4 nitrogen and oxygen atoms in total. The molecule has 1 aromatic rings. The van der Waals surface area contributed by atoms with Gasteiger partial charge < -0.3 is 9.26 Å². The number of hydrogen-bond donors (Lipinski definition) is 0. The van der Waals surface area contributed by atoms with Crippen LogP contribution in [0, 0.1) is 5.92 Å². The van der Waals surface area contributed by atoms with Gasteiger partial charge >= 0.3 is 0 Å². The number of methoxy groups -OCH3 is 1. The van der Waals surface area contributed by atoms with E-state index < -0.39 is 0 Å². The van der Waals surface area contributed by atoms with Crippen molar-refractivity contribution in [3.05, 3.63) is 18.3 Å². The van der Waals surface area contributed by atoms with Crippen molar-refractivity contribution >= 4 is 6.08 Å². The molecule has 1 heterocycles. The number of aromatic nitrogens is 2. The minimum atomic E-state index is -0.0299. The van der Waals surface area contributed by atoms with E-state index in [1.807, 2.05) is 0 Å². The molecule has 1 unspecified atom stereocenters. The molecule has 88 valence electrons.